The lowest BCUT2D eigenvalue weighted by Crippen LogP contribution is -2.70. The van der Waals surface area contributed by atoms with E-state index >= 15 is 0 Å². The monoisotopic (exact) mass is 519 g/mol. The molecule has 1 saturated heterocycles. The number of β-lactam (4-membered cyclic amide) rings is 1. The molecule has 2 aromatic heterocycles. The number of hydrogen-bond donors (Lipinski definition) is 3. The van der Waals surface area contributed by atoms with Gasteiger partial charge in [-0.25, -0.2) is 9.78 Å². The van der Waals surface area contributed by atoms with Gasteiger partial charge in [-0.1, -0.05) is 39.2 Å². The van der Waals surface area contributed by atoms with Gasteiger partial charge in [-0.3, -0.25) is 14.5 Å². The van der Waals surface area contributed by atoms with E-state index in [1.54, 1.807) is 0 Å². The van der Waals surface area contributed by atoms with Gasteiger partial charge in [0.15, 0.2) is 5.13 Å². The molecule has 2 aromatic rings. The number of nitrogens with zero attached hydrogens (tertiary/aromatic N) is 5. The van der Waals surface area contributed by atoms with Gasteiger partial charge < -0.3 is 16.2 Å². The van der Waals surface area contributed by atoms with Crippen LogP contribution in [0, 0.1) is 4.91 Å². The molecule has 0 radical (unpaired) electrons. The van der Waals surface area contributed by atoms with Crippen LogP contribution in [0.15, 0.2) is 26.2 Å². The number of nitrogens with two attached hydrogens (primary N) is 1. The second-order valence-corrected chi connectivity index (χ2v) is 10.9. The Balaban J connectivity index is 1.52. The second kappa shape index (κ2) is 8.70. The van der Waals surface area contributed by atoms with Crippen LogP contribution >= 0.6 is 58.0 Å². The van der Waals surface area contributed by atoms with Crippen molar-refractivity contribution in [2.45, 2.75) is 21.7 Å². The van der Waals surface area contributed by atoms with Gasteiger partial charge in [0.25, 0.3) is 11.8 Å². The third-order valence-corrected chi connectivity index (χ3v) is 8.64. The first-order valence-corrected chi connectivity index (χ1v) is 12.1. The van der Waals surface area contributed by atoms with Gasteiger partial charge >= 0.3 is 5.97 Å². The Morgan fingerprint density at radius 2 is 2.26 bits per heavy atom. The van der Waals surface area contributed by atoms with Gasteiger partial charge in [-0.15, -0.1) is 21.8 Å². The van der Waals surface area contributed by atoms with Crippen molar-refractivity contribution in [3.8, 4) is 0 Å². The van der Waals surface area contributed by atoms with Gasteiger partial charge in [0.1, 0.15) is 31.4 Å². The molecule has 31 heavy (non-hydrogen) atoms. The number of halogens is 1. The number of fused-ring (bicyclic) bond motifs is 1. The van der Waals surface area contributed by atoms with Crippen molar-refractivity contribution in [1.29, 1.82) is 0 Å². The van der Waals surface area contributed by atoms with Crippen LogP contribution < -0.4 is 11.1 Å². The fourth-order valence-corrected chi connectivity index (χ4v) is 7.00. The van der Waals surface area contributed by atoms with Crippen molar-refractivity contribution in [3.05, 3.63) is 31.7 Å². The zero-order chi connectivity index (χ0) is 22.3. The van der Waals surface area contributed by atoms with E-state index in [4.69, 9.17) is 17.3 Å². The molecular weight excluding hydrogens is 510 g/mol. The lowest BCUT2D eigenvalue weighted by molar-refractivity contribution is -0.150. The first-order chi connectivity index (χ1) is 14.8. The van der Waals surface area contributed by atoms with Crippen molar-refractivity contribution in [2.75, 3.05) is 11.5 Å². The number of anilines is 1. The van der Waals surface area contributed by atoms with Crippen LogP contribution in [0.4, 0.5) is 5.13 Å². The Labute approximate surface area is 194 Å². The second-order valence-electron chi connectivity index (χ2n) is 6.03. The van der Waals surface area contributed by atoms with E-state index < -0.39 is 35.2 Å². The topological polar surface area (TPSA) is 181 Å². The number of nitroso groups, excluding NO2 is 1. The normalized spacial score (nSPS) is 21.3. The lowest BCUT2D eigenvalue weighted by Gasteiger charge is -2.49. The predicted molar refractivity (Wildman–Crippen MR) is 116 cm³/mol. The zero-order valence-electron chi connectivity index (χ0n) is 14.9. The molecule has 3 atom stereocenters. The Hall–Kier alpha value is -2.27. The first kappa shape index (κ1) is 21.9. The molecule has 4 heterocycles. The molecule has 0 aliphatic carbocycles. The molecule has 162 valence electrons. The Morgan fingerprint density at radius 1 is 1.48 bits per heavy atom. The molecule has 17 heteroatoms. The summed E-state index contributed by atoms with van der Waals surface area (Å²) in [5, 5.41) is 18.0. The number of nitrogen functional groups attached to an aromatic ring is 1. The predicted octanol–water partition coefficient (Wildman–Crippen LogP) is 1.53. The molecule has 1 fully saturated rings. The molecule has 0 bridgehead atoms. The van der Waals surface area contributed by atoms with Crippen LogP contribution in [-0.2, 0) is 14.4 Å². The average Bonchev–Trinajstić information content (AvgIpc) is 3.35. The Kier molecular flexibility index (Phi) is 6.16. The highest BCUT2D eigenvalue weighted by Crippen LogP contribution is 2.45. The van der Waals surface area contributed by atoms with Crippen LogP contribution in [0.3, 0.4) is 0 Å². The number of rotatable bonds is 7. The molecule has 2 amide bonds. The standard InChI is InChI=1S/C14H10ClN7O5S4/c15-9-5(19-14(16)30-9)6(20-27)10(23)18-7-11(24)22-8(13(25)26)3(2-28-12(7)22)29-4-1-17-21-31-4/h1,6-7,12H,2H2,(H2,16,19)(H,18,23)(H,25,26)/t6?,7-,12?/m1/s1. The van der Waals surface area contributed by atoms with Gasteiger partial charge in [-0.05, 0) is 16.7 Å². The summed E-state index contributed by atoms with van der Waals surface area (Å²) in [6, 6.07) is -2.61. The summed E-state index contributed by atoms with van der Waals surface area (Å²) >= 11 is 10.4. The summed E-state index contributed by atoms with van der Waals surface area (Å²) < 4.78 is 4.46. The summed E-state index contributed by atoms with van der Waals surface area (Å²) in [4.78, 5) is 53.8. The number of aromatic nitrogens is 3. The molecule has 0 saturated carbocycles. The summed E-state index contributed by atoms with van der Waals surface area (Å²) in [5.41, 5.74) is 5.29. The summed E-state index contributed by atoms with van der Waals surface area (Å²) in [5.74, 6) is -2.45. The largest absolute Gasteiger partial charge is 0.477 e. The van der Waals surface area contributed by atoms with Crippen molar-refractivity contribution in [2.24, 2.45) is 5.18 Å². The molecule has 4 rings (SSSR count). The summed E-state index contributed by atoms with van der Waals surface area (Å²) in [6.45, 7) is 0. The molecular formula is C14H10ClN7O5S4. The maximum absolute atomic E-state index is 12.7. The summed E-state index contributed by atoms with van der Waals surface area (Å²) in [6.07, 6.45) is 1.50. The van der Waals surface area contributed by atoms with Gasteiger partial charge in [-0.2, -0.15) is 0 Å². The van der Waals surface area contributed by atoms with E-state index in [0.717, 1.165) is 27.8 Å². The van der Waals surface area contributed by atoms with E-state index in [9.17, 15) is 24.4 Å². The fraction of sp³-hybridized carbons (Fsp3) is 0.286. The number of amides is 2. The summed E-state index contributed by atoms with van der Waals surface area (Å²) in [7, 11) is 0. The molecule has 12 nitrogen and oxygen atoms in total. The number of carbonyl (C=O) groups excluding carboxylic acids is 2. The number of hydrogen-bond acceptors (Lipinski definition) is 13. The number of carboxylic acid groups (broad SMARTS) is 1. The number of thioether (sulfide) groups is 2. The van der Waals surface area contributed by atoms with Crippen molar-refractivity contribution in [1.82, 2.24) is 24.8 Å². The first-order valence-electron chi connectivity index (χ1n) is 8.22. The van der Waals surface area contributed by atoms with Crippen LogP contribution in [0.1, 0.15) is 11.7 Å². The highest BCUT2D eigenvalue weighted by atomic mass is 35.5. The van der Waals surface area contributed by atoms with E-state index in [2.05, 4.69) is 25.1 Å². The number of aliphatic carboxylic acids is 1. The smallest absolute Gasteiger partial charge is 0.353 e. The molecule has 2 unspecified atom stereocenters. The third-order valence-electron chi connectivity index (χ3n) is 4.24. The zero-order valence-corrected chi connectivity index (χ0v) is 18.9. The Bertz CT molecular complexity index is 1110. The maximum Gasteiger partial charge on any atom is 0.353 e. The SMILES string of the molecule is Nc1nc(C(N=O)C(=O)N[C@@H]2C(=O)N3C(C(=O)O)=C(Sc4cnns4)CSC23)c(Cl)s1. The Morgan fingerprint density at radius 3 is 2.84 bits per heavy atom. The maximum atomic E-state index is 12.7. The van der Waals surface area contributed by atoms with E-state index in [-0.39, 0.29) is 20.9 Å². The van der Waals surface area contributed by atoms with E-state index in [1.807, 2.05) is 0 Å². The minimum absolute atomic E-state index is 0.0428. The van der Waals surface area contributed by atoms with Gasteiger partial charge in [0, 0.05) is 10.7 Å². The van der Waals surface area contributed by atoms with Crippen LogP contribution in [0.5, 0.6) is 0 Å². The van der Waals surface area contributed by atoms with Crippen molar-refractivity contribution in [3.63, 3.8) is 0 Å². The van der Waals surface area contributed by atoms with Gasteiger partial charge in [0.05, 0.1) is 6.20 Å². The third kappa shape index (κ3) is 4.00. The highest BCUT2D eigenvalue weighted by molar-refractivity contribution is 8.07. The molecule has 4 N–H and O–H groups in total. The molecule has 2 aliphatic heterocycles. The van der Waals surface area contributed by atoms with Gasteiger partial charge in [0.2, 0.25) is 6.04 Å². The molecule has 0 spiro atoms. The highest BCUT2D eigenvalue weighted by Gasteiger charge is 2.55. The van der Waals surface area contributed by atoms with Crippen LogP contribution in [0.2, 0.25) is 4.34 Å². The van der Waals surface area contributed by atoms with Crippen LogP contribution in [0.25, 0.3) is 0 Å². The van der Waals surface area contributed by atoms with Crippen LogP contribution in [-0.4, -0.2) is 59.5 Å². The van der Waals surface area contributed by atoms with E-state index in [0.29, 0.717) is 14.9 Å². The number of thiazole rings is 1. The minimum Gasteiger partial charge on any atom is -0.477 e. The van der Waals surface area contributed by atoms with E-state index in [1.165, 1.54) is 29.7 Å². The molecule has 0 aromatic carbocycles. The van der Waals surface area contributed by atoms with Crippen molar-refractivity contribution < 1.29 is 19.5 Å². The average molecular weight is 520 g/mol. The number of carbonyl (C=O) groups is 3. The number of carboxylic acids is 1. The number of nitrogens with one attached hydrogen (secondary N) is 1. The molecule has 2 aliphatic rings. The minimum atomic E-state index is -1.59. The quantitative estimate of drug-likeness (QED) is 0.356. The lowest BCUT2D eigenvalue weighted by atomic mass is 10.0. The fourth-order valence-electron chi connectivity index (χ4n) is 2.95. The van der Waals surface area contributed by atoms with Crippen molar-refractivity contribution >= 4 is 80.9 Å².